The van der Waals surface area contributed by atoms with Crippen LogP contribution in [-0.2, 0) is 4.74 Å². The van der Waals surface area contributed by atoms with Gasteiger partial charge in [-0.2, -0.15) is 0 Å². The fraction of sp³-hybridized carbons (Fsp3) is 0.595. The molecule has 0 heterocycles. The van der Waals surface area contributed by atoms with Crippen molar-refractivity contribution in [2.45, 2.75) is 111 Å². The standard InChI is InChI=1S/C42H55NO2/c1-27(2)9-8-10-28(3)37-17-18-38-36-16-14-33-26-35(19-21-41(33,4)39(36)20-22-42(37,38)5)45-40(44)43-34-15-13-31-23-29-11-6-7-12-30(29)24-32(31)25-34/h6-7,11-15,23-25,27-28,35-39H,8-10,16-22,26H2,1-5H3,(H,43,44)/t28-,35+,36+,37-,38+,39+,41+,42-/m1/s1. The Kier molecular flexibility index (Phi) is 8.28. The second-order valence-electron chi connectivity index (χ2n) is 16.4. The topological polar surface area (TPSA) is 38.3 Å². The first kappa shape index (κ1) is 30.8. The molecule has 8 atom stereocenters. The van der Waals surface area contributed by atoms with Crippen LogP contribution >= 0.6 is 0 Å². The van der Waals surface area contributed by atoms with Crippen LogP contribution in [0.25, 0.3) is 21.5 Å². The lowest BCUT2D eigenvalue weighted by atomic mass is 9.47. The second-order valence-corrected chi connectivity index (χ2v) is 16.4. The normalized spacial score (nSPS) is 33.3. The van der Waals surface area contributed by atoms with Crippen LogP contribution in [0.5, 0.6) is 0 Å². The summed E-state index contributed by atoms with van der Waals surface area (Å²) in [5.74, 6) is 5.07. The Morgan fingerprint density at radius 1 is 0.867 bits per heavy atom. The molecule has 3 aromatic rings. The Labute approximate surface area is 271 Å². The highest BCUT2D eigenvalue weighted by atomic mass is 16.6. The highest BCUT2D eigenvalue weighted by molar-refractivity contribution is 6.00. The fourth-order valence-corrected chi connectivity index (χ4v) is 11.1. The first-order valence-electron chi connectivity index (χ1n) is 18.2. The van der Waals surface area contributed by atoms with Gasteiger partial charge in [0.05, 0.1) is 0 Å². The Hall–Kier alpha value is -2.81. The molecule has 0 aliphatic heterocycles. The van der Waals surface area contributed by atoms with Crippen molar-refractivity contribution in [3.8, 4) is 0 Å². The molecule has 1 N–H and O–H groups in total. The molecule has 0 unspecified atom stereocenters. The van der Waals surface area contributed by atoms with E-state index in [9.17, 15) is 4.79 Å². The quantitative estimate of drug-likeness (QED) is 0.215. The van der Waals surface area contributed by atoms with E-state index >= 15 is 0 Å². The molecule has 0 aromatic heterocycles. The summed E-state index contributed by atoms with van der Waals surface area (Å²) in [6.07, 6.45) is 16.3. The van der Waals surface area contributed by atoms with Gasteiger partial charge in [-0.05, 0) is 137 Å². The summed E-state index contributed by atoms with van der Waals surface area (Å²) in [7, 11) is 0. The van der Waals surface area contributed by atoms with E-state index in [4.69, 9.17) is 4.74 Å². The van der Waals surface area contributed by atoms with Crippen LogP contribution in [0.1, 0.15) is 105 Å². The van der Waals surface area contributed by atoms with Crippen LogP contribution in [0.3, 0.4) is 0 Å². The number of hydrogen-bond donors (Lipinski definition) is 1. The zero-order valence-electron chi connectivity index (χ0n) is 28.4. The number of amides is 1. The van der Waals surface area contributed by atoms with E-state index in [-0.39, 0.29) is 17.6 Å². The minimum Gasteiger partial charge on any atom is -0.446 e. The molecule has 45 heavy (non-hydrogen) atoms. The van der Waals surface area contributed by atoms with Gasteiger partial charge in [0.15, 0.2) is 0 Å². The Bertz CT molecular complexity index is 1590. The third-order valence-electron chi connectivity index (χ3n) is 13.5. The SMILES string of the molecule is CC(C)CCC[C@@H](C)[C@H]1CC[C@H]2[C@@H]3CC=C4C[C@@H](OC(=O)Nc5ccc6cc7ccccc7cc6c5)CC[C@]4(C)[C@H]3CC[C@]12C. The number of carbonyl (C=O) groups is 1. The van der Waals surface area contributed by atoms with Crippen molar-refractivity contribution in [1.29, 1.82) is 0 Å². The van der Waals surface area contributed by atoms with Crippen LogP contribution in [0.2, 0.25) is 0 Å². The number of hydrogen-bond acceptors (Lipinski definition) is 2. The van der Waals surface area contributed by atoms with Crippen molar-refractivity contribution in [2.75, 3.05) is 5.32 Å². The van der Waals surface area contributed by atoms with Crippen LogP contribution in [-0.4, -0.2) is 12.2 Å². The molecule has 7 rings (SSSR count). The van der Waals surface area contributed by atoms with Gasteiger partial charge in [-0.3, -0.25) is 5.32 Å². The molecule has 0 spiro atoms. The lowest BCUT2D eigenvalue weighted by Crippen LogP contribution is -2.51. The minimum atomic E-state index is -0.328. The number of nitrogens with one attached hydrogen (secondary N) is 1. The number of allylic oxidation sites excluding steroid dienone is 1. The average Bonchev–Trinajstić information content (AvgIpc) is 3.37. The van der Waals surface area contributed by atoms with Gasteiger partial charge in [-0.15, -0.1) is 0 Å². The maximum Gasteiger partial charge on any atom is 0.411 e. The molecule has 1 amide bonds. The summed E-state index contributed by atoms with van der Waals surface area (Å²) in [4.78, 5) is 13.1. The second kappa shape index (κ2) is 12.1. The van der Waals surface area contributed by atoms with E-state index in [1.807, 2.05) is 6.07 Å². The zero-order chi connectivity index (χ0) is 31.3. The molecule has 3 fully saturated rings. The molecule has 0 bridgehead atoms. The summed E-state index contributed by atoms with van der Waals surface area (Å²) in [6, 6.07) is 18.9. The smallest absolute Gasteiger partial charge is 0.411 e. The van der Waals surface area contributed by atoms with E-state index in [1.165, 1.54) is 67.5 Å². The van der Waals surface area contributed by atoms with Crippen molar-refractivity contribution in [3.05, 3.63) is 66.2 Å². The number of rotatable bonds is 7. The first-order chi connectivity index (χ1) is 21.6. The first-order valence-corrected chi connectivity index (χ1v) is 18.2. The maximum atomic E-state index is 13.1. The fourth-order valence-electron chi connectivity index (χ4n) is 11.1. The molecule has 0 saturated heterocycles. The molecular formula is C42H55NO2. The van der Waals surface area contributed by atoms with Gasteiger partial charge in [0.25, 0.3) is 0 Å². The van der Waals surface area contributed by atoms with E-state index in [1.54, 1.807) is 5.57 Å². The monoisotopic (exact) mass is 605 g/mol. The molecule has 3 saturated carbocycles. The van der Waals surface area contributed by atoms with Crippen molar-refractivity contribution in [3.63, 3.8) is 0 Å². The van der Waals surface area contributed by atoms with E-state index < -0.39 is 0 Å². The number of anilines is 1. The van der Waals surface area contributed by atoms with Gasteiger partial charge in [-0.1, -0.05) is 95.9 Å². The lowest BCUT2D eigenvalue weighted by Gasteiger charge is -2.58. The van der Waals surface area contributed by atoms with Gasteiger partial charge in [-0.25, -0.2) is 4.79 Å². The predicted octanol–water partition coefficient (Wildman–Crippen LogP) is 12.0. The van der Waals surface area contributed by atoms with Crippen molar-refractivity contribution >= 4 is 33.3 Å². The molecule has 3 aromatic carbocycles. The summed E-state index contributed by atoms with van der Waals surface area (Å²) in [5, 5.41) is 7.78. The number of carbonyl (C=O) groups excluding carboxylic acids is 1. The van der Waals surface area contributed by atoms with Gasteiger partial charge in [0.1, 0.15) is 6.10 Å². The van der Waals surface area contributed by atoms with Gasteiger partial charge >= 0.3 is 6.09 Å². The summed E-state index contributed by atoms with van der Waals surface area (Å²) in [6.45, 7) is 12.6. The van der Waals surface area contributed by atoms with Crippen LogP contribution in [0, 0.1) is 46.3 Å². The van der Waals surface area contributed by atoms with E-state index in [2.05, 4.69) is 94.5 Å². The summed E-state index contributed by atoms with van der Waals surface area (Å²) in [5.41, 5.74) is 3.15. The summed E-state index contributed by atoms with van der Waals surface area (Å²) >= 11 is 0. The van der Waals surface area contributed by atoms with Gasteiger partial charge in [0.2, 0.25) is 0 Å². The molecule has 0 radical (unpaired) electrons. The largest absolute Gasteiger partial charge is 0.446 e. The van der Waals surface area contributed by atoms with Crippen LogP contribution < -0.4 is 5.32 Å². The number of benzene rings is 3. The van der Waals surface area contributed by atoms with E-state index in [0.29, 0.717) is 5.41 Å². The molecule has 4 aliphatic carbocycles. The van der Waals surface area contributed by atoms with Crippen molar-refractivity contribution < 1.29 is 9.53 Å². The number of ether oxygens (including phenoxy) is 1. The van der Waals surface area contributed by atoms with Gasteiger partial charge in [0, 0.05) is 12.1 Å². The minimum absolute atomic E-state index is 0.0401. The maximum absolute atomic E-state index is 13.1. The summed E-state index contributed by atoms with van der Waals surface area (Å²) < 4.78 is 6.09. The highest BCUT2D eigenvalue weighted by Gasteiger charge is 2.59. The highest BCUT2D eigenvalue weighted by Crippen LogP contribution is 2.67. The van der Waals surface area contributed by atoms with Gasteiger partial charge < -0.3 is 4.74 Å². The van der Waals surface area contributed by atoms with Crippen LogP contribution in [0.4, 0.5) is 10.5 Å². The third-order valence-corrected chi connectivity index (χ3v) is 13.5. The zero-order valence-corrected chi connectivity index (χ0v) is 28.4. The average molecular weight is 606 g/mol. The molecule has 3 nitrogen and oxygen atoms in total. The Morgan fingerprint density at radius 2 is 1.62 bits per heavy atom. The van der Waals surface area contributed by atoms with Crippen molar-refractivity contribution in [2.24, 2.45) is 46.3 Å². The molecule has 3 heteroatoms. The molecule has 240 valence electrons. The Balaban J connectivity index is 0.987. The number of fused-ring (bicyclic) bond motifs is 7. The van der Waals surface area contributed by atoms with E-state index in [0.717, 1.165) is 65.8 Å². The molecular weight excluding hydrogens is 550 g/mol. The lowest BCUT2D eigenvalue weighted by molar-refractivity contribution is -0.0577. The predicted molar refractivity (Wildman–Crippen MR) is 188 cm³/mol. The Morgan fingerprint density at radius 3 is 2.40 bits per heavy atom. The molecule has 4 aliphatic rings. The van der Waals surface area contributed by atoms with Crippen molar-refractivity contribution in [1.82, 2.24) is 0 Å². The third kappa shape index (κ3) is 5.72. The van der Waals surface area contributed by atoms with Crippen LogP contribution in [0.15, 0.2) is 66.2 Å².